The summed E-state index contributed by atoms with van der Waals surface area (Å²) in [5.74, 6) is 1.91. The van der Waals surface area contributed by atoms with Gasteiger partial charge in [0.1, 0.15) is 23.5 Å². The first-order chi connectivity index (χ1) is 16.1. The van der Waals surface area contributed by atoms with Crippen LogP contribution in [0, 0.1) is 0 Å². The van der Waals surface area contributed by atoms with Gasteiger partial charge in [0.15, 0.2) is 11.2 Å². The Bertz CT molecular complexity index is 1270. The molecule has 0 atom stereocenters. The molecule has 7 nitrogen and oxygen atoms in total. The average Bonchev–Trinajstić information content (AvgIpc) is 3.43. The molecule has 33 heavy (non-hydrogen) atoms. The lowest BCUT2D eigenvalue weighted by Crippen LogP contribution is -2.13. The maximum atomic E-state index is 6.71. The van der Waals surface area contributed by atoms with Crippen molar-refractivity contribution in [2.24, 2.45) is 5.73 Å². The number of nitrogens with zero attached hydrogens (tertiary/aromatic N) is 4. The van der Waals surface area contributed by atoms with Gasteiger partial charge in [-0.25, -0.2) is 9.97 Å². The van der Waals surface area contributed by atoms with Crippen LogP contribution in [0.2, 0.25) is 5.02 Å². The molecule has 1 fully saturated rings. The molecular weight excluding hydrogens is 438 g/mol. The molecule has 0 unspecified atom stereocenters. The van der Waals surface area contributed by atoms with Crippen LogP contribution in [0.4, 0.5) is 0 Å². The summed E-state index contributed by atoms with van der Waals surface area (Å²) in [7, 11) is 0. The Morgan fingerprint density at radius 3 is 2.67 bits per heavy atom. The van der Waals surface area contributed by atoms with Crippen molar-refractivity contribution in [3.05, 3.63) is 65.4 Å². The molecule has 2 aromatic carbocycles. The highest BCUT2D eigenvalue weighted by Gasteiger charge is 2.41. The molecule has 0 saturated heterocycles. The second-order valence-corrected chi connectivity index (χ2v) is 8.95. The molecule has 1 aliphatic carbocycles. The second kappa shape index (κ2) is 9.00. The molecular formula is C25H26ClN5O2. The van der Waals surface area contributed by atoms with Crippen LogP contribution in [0.1, 0.15) is 31.7 Å². The van der Waals surface area contributed by atoms with E-state index in [0.717, 1.165) is 30.4 Å². The normalized spacial score (nSPS) is 14.4. The van der Waals surface area contributed by atoms with E-state index in [2.05, 4.69) is 33.6 Å². The predicted octanol–water partition coefficient (Wildman–Crippen LogP) is 4.85. The van der Waals surface area contributed by atoms with Crippen molar-refractivity contribution in [3.8, 4) is 23.0 Å². The minimum absolute atomic E-state index is 0.176. The van der Waals surface area contributed by atoms with Crippen LogP contribution in [0.5, 0.6) is 11.6 Å². The molecule has 2 N–H and O–H groups in total. The van der Waals surface area contributed by atoms with Crippen LogP contribution < -0.4 is 15.2 Å². The standard InChI is InChI=1S/C25H26ClN5O2/c1-25(10-11-25)33-24-21-23(28-16-29-24)31(15-17-6-3-2-4-7-17)22(30-21)19-9-8-18(14-20(19)26)32-13-5-12-27/h2-4,6-9,14,16H,5,10-13,15,27H2,1H3. The molecule has 0 bridgehead atoms. The number of halogens is 1. The molecule has 8 heteroatoms. The van der Waals surface area contributed by atoms with E-state index in [9.17, 15) is 0 Å². The highest BCUT2D eigenvalue weighted by Crippen LogP contribution is 2.41. The van der Waals surface area contributed by atoms with E-state index in [1.807, 2.05) is 36.4 Å². The van der Waals surface area contributed by atoms with Crippen LogP contribution in [-0.2, 0) is 6.54 Å². The summed E-state index contributed by atoms with van der Waals surface area (Å²) in [6.07, 6.45) is 4.33. The van der Waals surface area contributed by atoms with Gasteiger partial charge in [-0.3, -0.25) is 0 Å². The smallest absolute Gasteiger partial charge is 0.245 e. The lowest BCUT2D eigenvalue weighted by molar-refractivity contribution is 0.194. The second-order valence-electron chi connectivity index (χ2n) is 8.54. The molecule has 5 rings (SSSR count). The molecule has 4 aromatic rings. The summed E-state index contributed by atoms with van der Waals surface area (Å²) in [5.41, 5.74) is 8.65. The van der Waals surface area contributed by atoms with Crippen molar-refractivity contribution in [2.75, 3.05) is 13.2 Å². The van der Waals surface area contributed by atoms with Gasteiger partial charge in [-0.15, -0.1) is 0 Å². The molecule has 1 saturated carbocycles. The Kier molecular flexibility index (Phi) is 5.91. The van der Waals surface area contributed by atoms with E-state index in [0.29, 0.717) is 53.3 Å². The molecule has 0 amide bonds. The maximum absolute atomic E-state index is 6.71. The topological polar surface area (TPSA) is 88.1 Å². The fourth-order valence-electron chi connectivity index (χ4n) is 3.66. The molecule has 2 heterocycles. The lowest BCUT2D eigenvalue weighted by Gasteiger charge is -2.12. The molecule has 0 radical (unpaired) electrons. The predicted molar refractivity (Wildman–Crippen MR) is 129 cm³/mol. The third kappa shape index (κ3) is 4.65. The first-order valence-corrected chi connectivity index (χ1v) is 11.5. The Labute approximate surface area is 197 Å². The number of nitrogens with two attached hydrogens (primary N) is 1. The number of fused-ring (bicyclic) bond motifs is 1. The lowest BCUT2D eigenvalue weighted by atomic mass is 10.2. The number of imidazole rings is 1. The zero-order chi connectivity index (χ0) is 22.8. The van der Waals surface area contributed by atoms with Gasteiger partial charge in [0.05, 0.1) is 18.2 Å². The largest absolute Gasteiger partial charge is 0.493 e. The van der Waals surface area contributed by atoms with Gasteiger partial charge in [-0.1, -0.05) is 41.9 Å². The number of hydrogen-bond acceptors (Lipinski definition) is 6. The number of rotatable bonds is 9. The minimum atomic E-state index is -0.176. The molecule has 170 valence electrons. The quantitative estimate of drug-likeness (QED) is 0.357. The molecule has 0 spiro atoms. The molecule has 2 aromatic heterocycles. The number of benzene rings is 2. The fraction of sp³-hybridized carbons (Fsp3) is 0.320. The van der Waals surface area contributed by atoms with E-state index >= 15 is 0 Å². The van der Waals surface area contributed by atoms with Crippen molar-refractivity contribution < 1.29 is 9.47 Å². The molecule has 1 aliphatic rings. The van der Waals surface area contributed by atoms with Gasteiger partial charge < -0.3 is 19.8 Å². The van der Waals surface area contributed by atoms with Crippen molar-refractivity contribution >= 4 is 22.8 Å². The van der Waals surface area contributed by atoms with E-state index < -0.39 is 0 Å². The first-order valence-electron chi connectivity index (χ1n) is 11.1. The van der Waals surface area contributed by atoms with Gasteiger partial charge in [-0.05, 0) is 56.5 Å². The minimum Gasteiger partial charge on any atom is -0.493 e. The fourth-order valence-corrected chi connectivity index (χ4v) is 3.92. The van der Waals surface area contributed by atoms with Crippen molar-refractivity contribution in [2.45, 2.75) is 38.3 Å². The van der Waals surface area contributed by atoms with Crippen LogP contribution >= 0.6 is 11.6 Å². The van der Waals surface area contributed by atoms with Crippen molar-refractivity contribution in [3.63, 3.8) is 0 Å². The van der Waals surface area contributed by atoms with Gasteiger partial charge in [0.2, 0.25) is 5.88 Å². The highest BCUT2D eigenvalue weighted by molar-refractivity contribution is 6.33. The SMILES string of the molecule is CC1(Oc2ncnc3c2nc(-c2ccc(OCCCN)cc2Cl)n3Cc2ccccc2)CC1. The van der Waals surface area contributed by atoms with Gasteiger partial charge in [0, 0.05) is 5.56 Å². The summed E-state index contributed by atoms with van der Waals surface area (Å²) in [5, 5.41) is 0.550. The summed E-state index contributed by atoms with van der Waals surface area (Å²) >= 11 is 6.71. The van der Waals surface area contributed by atoms with E-state index in [-0.39, 0.29) is 5.60 Å². The Morgan fingerprint density at radius 2 is 1.94 bits per heavy atom. The van der Waals surface area contributed by atoms with E-state index in [4.69, 9.17) is 31.8 Å². The maximum Gasteiger partial charge on any atom is 0.245 e. The van der Waals surface area contributed by atoms with E-state index in [1.54, 1.807) is 0 Å². The van der Waals surface area contributed by atoms with Crippen molar-refractivity contribution in [1.29, 1.82) is 0 Å². The van der Waals surface area contributed by atoms with Crippen LogP contribution in [-0.4, -0.2) is 38.3 Å². The van der Waals surface area contributed by atoms with Gasteiger partial charge in [0.25, 0.3) is 0 Å². The third-order valence-electron chi connectivity index (χ3n) is 5.78. The summed E-state index contributed by atoms with van der Waals surface area (Å²) in [4.78, 5) is 13.9. The van der Waals surface area contributed by atoms with E-state index in [1.165, 1.54) is 6.33 Å². The zero-order valence-corrected chi connectivity index (χ0v) is 19.3. The summed E-state index contributed by atoms with van der Waals surface area (Å²) in [6.45, 7) is 3.81. The third-order valence-corrected chi connectivity index (χ3v) is 6.09. The van der Waals surface area contributed by atoms with Gasteiger partial charge >= 0.3 is 0 Å². The zero-order valence-electron chi connectivity index (χ0n) is 18.5. The highest BCUT2D eigenvalue weighted by atomic mass is 35.5. The first kappa shape index (κ1) is 21.7. The Morgan fingerprint density at radius 1 is 1.12 bits per heavy atom. The Balaban J connectivity index is 1.59. The van der Waals surface area contributed by atoms with Gasteiger partial charge in [-0.2, -0.15) is 4.98 Å². The van der Waals surface area contributed by atoms with Crippen molar-refractivity contribution in [1.82, 2.24) is 19.5 Å². The number of ether oxygens (including phenoxy) is 2. The van der Waals surface area contributed by atoms with Crippen LogP contribution in [0.15, 0.2) is 54.9 Å². The van der Waals surface area contributed by atoms with Crippen LogP contribution in [0.3, 0.4) is 0 Å². The average molecular weight is 464 g/mol. The summed E-state index contributed by atoms with van der Waals surface area (Å²) < 4.78 is 14.0. The van der Waals surface area contributed by atoms with Crippen LogP contribution in [0.25, 0.3) is 22.6 Å². The monoisotopic (exact) mass is 463 g/mol. The molecule has 0 aliphatic heterocycles. The Hall–Kier alpha value is -3.16. The number of hydrogen-bond donors (Lipinski definition) is 1. The summed E-state index contributed by atoms with van der Waals surface area (Å²) in [6, 6.07) is 15.8. The number of aromatic nitrogens is 4.